The van der Waals surface area contributed by atoms with Crippen molar-refractivity contribution in [2.24, 2.45) is 5.92 Å². The molecule has 3 fully saturated rings. The number of nitrogens with zero attached hydrogens (tertiary/aromatic N) is 3. The van der Waals surface area contributed by atoms with E-state index in [1.807, 2.05) is 17.8 Å². The number of benzene rings is 2. The van der Waals surface area contributed by atoms with Gasteiger partial charge in [0, 0.05) is 59.7 Å². The van der Waals surface area contributed by atoms with Crippen molar-refractivity contribution in [1.29, 1.82) is 5.26 Å². The van der Waals surface area contributed by atoms with Gasteiger partial charge in [-0.1, -0.05) is 18.2 Å². The number of aromatic nitrogens is 1. The number of ketones is 1. The molecule has 1 N–H and O–H groups in total. The molecule has 9 nitrogen and oxygen atoms in total. The van der Waals surface area contributed by atoms with Crippen LogP contribution in [0.15, 0.2) is 60.3 Å². The number of anilines is 1. The number of allylic oxidation sites excluding steroid dienone is 1. The summed E-state index contributed by atoms with van der Waals surface area (Å²) < 4.78 is 28.1. The number of rotatable bonds is 12. The number of thioether (sulfide) groups is 1. The highest BCUT2D eigenvalue weighted by molar-refractivity contribution is 7.99. The van der Waals surface area contributed by atoms with Crippen LogP contribution in [0.1, 0.15) is 64.7 Å². The molecule has 1 saturated carbocycles. The monoisotopic (exact) mass is 712 g/mol. The Labute approximate surface area is 300 Å². The molecule has 2 amide bonds. The van der Waals surface area contributed by atoms with Crippen LogP contribution in [0.4, 0.5) is 10.2 Å². The molecular weight excluding hydrogens is 676 g/mol. The number of hydrogen-bond donors (Lipinski definition) is 2. The van der Waals surface area contributed by atoms with Crippen molar-refractivity contribution in [3.05, 3.63) is 93.9 Å². The van der Waals surface area contributed by atoms with Crippen LogP contribution in [0.3, 0.4) is 0 Å². The molecule has 7 rings (SSSR count). The third kappa shape index (κ3) is 6.61. The number of imide groups is 1. The van der Waals surface area contributed by atoms with Crippen molar-refractivity contribution < 1.29 is 28.2 Å². The molecule has 3 unspecified atom stereocenters. The van der Waals surface area contributed by atoms with E-state index in [1.54, 1.807) is 42.6 Å². The molecule has 0 radical (unpaired) electrons. The fraction of sp³-hybridized carbons (Fsp3) is 0.395. The molecule has 3 aromatic rings. The highest BCUT2D eigenvalue weighted by Gasteiger charge is 2.56. The smallest absolute Gasteiger partial charge is 0.234 e. The molecule has 3 atom stereocenters. The summed E-state index contributed by atoms with van der Waals surface area (Å²) in [5.74, 6) is 2.37. The molecule has 0 bridgehead atoms. The van der Waals surface area contributed by atoms with E-state index >= 15 is 4.39 Å². The highest BCUT2D eigenvalue weighted by Crippen LogP contribution is 2.49. The number of fused-ring (bicyclic) bond motifs is 2. The van der Waals surface area contributed by atoms with E-state index in [4.69, 9.17) is 9.47 Å². The topological polar surface area (TPSA) is 122 Å². The number of aryl methyl sites for hydroxylation is 1. The predicted molar refractivity (Wildman–Crippen MR) is 191 cm³/mol. The molecule has 2 aliphatic heterocycles. The number of Topliss-reactive ketones (excluding diaryl/α,β-unsaturated/α-hetero) is 1. The molecule has 1 aromatic heterocycles. The molecule has 12 heteroatoms. The lowest BCUT2D eigenvalue weighted by Crippen LogP contribution is -2.57. The first-order valence-electron chi connectivity index (χ1n) is 16.9. The molecule has 2 aromatic carbocycles. The van der Waals surface area contributed by atoms with Gasteiger partial charge in [-0.2, -0.15) is 29.7 Å². The largest absolute Gasteiger partial charge is 0.488 e. The summed E-state index contributed by atoms with van der Waals surface area (Å²) in [6.07, 6.45) is 7.68. The Morgan fingerprint density at radius 2 is 2.00 bits per heavy atom. The SMILES string of the molecule is N#Cc1cnc(N2CCC3(Oc4ccc(COc5cccc6c5CC=C(C5CCC(=O)NC5=O)C6=O)c(F)c4)CCC23)cc1CCSCCS. The van der Waals surface area contributed by atoms with Gasteiger partial charge in [-0.15, -0.1) is 0 Å². The summed E-state index contributed by atoms with van der Waals surface area (Å²) in [5.41, 5.74) is 3.06. The first-order chi connectivity index (χ1) is 24.3. The number of halogens is 1. The van der Waals surface area contributed by atoms with Crippen molar-refractivity contribution in [2.75, 3.05) is 28.7 Å². The summed E-state index contributed by atoms with van der Waals surface area (Å²) in [5, 5.41) is 12.0. The van der Waals surface area contributed by atoms with Gasteiger partial charge in [-0.3, -0.25) is 19.7 Å². The van der Waals surface area contributed by atoms with Crippen LogP contribution in [0.2, 0.25) is 0 Å². The second-order valence-electron chi connectivity index (χ2n) is 13.1. The van der Waals surface area contributed by atoms with E-state index in [1.165, 1.54) is 6.07 Å². The quantitative estimate of drug-likeness (QED) is 0.137. The zero-order valence-corrected chi connectivity index (χ0v) is 29.2. The number of nitriles is 1. The lowest BCUT2D eigenvalue weighted by atomic mass is 9.75. The van der Waals surface area contributed by atoms with E-state index in [-0.39, 0.29) is 30.8 Å². The number of piperidine rings is 1. The van der Waals surface area contributed by atoms with Crippen LogP contribution >= 0.6 is 24.4 Å². The van der Waals surface area contributed by atoms with E-state index in [0.29, 0.717) is 52.2 Å². The second kappa shape index (κ2) is 14.5. The minimum Gasteiger partial charge on any atom is -0.488 e. The Kier molecular flexibility index (Phi) is 9.89. The van der Waals surface area contributed by atoms with Crippen molar-refractivity contribution in [3.8, 4) is 17.6 Å². The lowest BCUT2D eigenvalue weighted by molar-refractivity contribution is -0.135. The van der Waals surface area contributed by atoms with Crippen LogP contribution < -0.4 is 19.7 Å². The number of ether oxygens (including phenoxy) is 2. The summed E-state index contributed by atoms with van der Waals surface area (Å²) in [7, 11) is 0. The molecule has 258 valence electrons. The summed E-state index contributed by atoms with van der Waals surface area (Å²) in [4.78, 5) is 44.3. The molecule has 4 aliphatic rings. The van der Waals surface area contributed by atoms with Gasteiger partial charge >= 0.3 is 0 Å². The van der Waals surface area contributed by atoms with E-state index in [9.17, 15) is 19.6 Å². The average Bonchev–Trinajstić information content (AvgIpc) is 3.35. The molecule has 2 saturated heterocycles. The molecule has 50 heavy (non-hydrogen) atoms. The zero-order valence-electron chi connectivity index (χ0n) is 27.5. The summed E-state index contributed by atoms with van der Waals surface area (Å²) in [6.45, 7) is 0.724. The number of carbonyl (C=O) groups excluding carboxylic acids is 3. The summed E-state index contributed by atoms with van der Waals surface area (Å²) >= 11 is 6.10. The number of thiol groups is 1. The summed E-state index contributed by atoms with van der Waals surface area (Å²) in [6, 6.07) is 14.4. The molecule has 3 heterocycles. The van der Waals surface area contributed by atoms with Crippen LogP contribution in [0.5, 0.6) is 11.5 Å². The second-order valence-corrected chi connectivity index (χ2v) is 14.8. The van der Waals surface area contributed by atoms with Gasteiger partial charge in [0.15, 0.2) is 5.78 Å². The fourth-order valence-corrected chi connectivity index (χ4v) is 8.59. The number of carbonyl (C=O) groups is 3. The first-order valence-corrected chi connectivity index (χ1v) is 18.7. The van der Waals surface area contributed by atoms with E-state index in [2.05, 4.69) is 33.9 Å². The first kappa shape index (κ1) is 34.1. The van der Waals surface area contributed by atoms with E-state index in [0.717, 1.165) is 60.9 Å². The van der Waals surface area contributed by atoms with Gasteiger partial charge in [0.05, 0.1) is 17.5 Å². The third-order valence-electron chi connectivity index (χ3n) is 10.3. The molecular formula is C38H37FN4O5S2. The van der Waals surface area contributed by atoms with Gasteiger partial charge in [0.2, 0.25) is 11.8 Å². The van der Waals surface area contributed by atoms with Gasteiger partial charge in [-0.25, -0.2) is 9.37 Å². The number of nitrogens with one attached hydrogen (secondary N) is 1. The predicted octanol–water partition coefficient (Wildman–Crippen LogP) is 5.79. The Morgan fingerprint density at radius 1 is 1.12 bits per heavy atom. The maximum Gasteiger partial charge on any atom is 0.234 e. The van der Waals surface area contributed by atoms with Crippen LogP contribution in [-0.2, 0) is 29.0 Å². The zero-order chi connectivity index (χ0) is 34.8. The third-order valence-corrected chi connectivity index (χ3v) is 11.8. The van der Waals surface area contributed by atoms with E-state index < -0.39 is 23.2 Å². The van der Waals surface area contributed by atoms with Gasteiger partial charge in [0.25, 0.3) is 0 Å². The standard InChI is InChI=1S/C38H37FN4O5S2/c39-31-19-26(48-38-12-10-33(38)43(14-13-38)34-18-23(11-16-50-17-15-49)25(20-40)21-41-34)5-4-24(31)22-47-32-3-1-2-28-27(32)6-7-29(36(28)45)30-8-9-35(44)42-37(30)46/h1-5,7,18-19,21,30,33,49H,6,8-17,22H2,(H,42,44,46). The number of pyridine rings is 1. The van der Waals surface area contributed by atoms with Gasteiger partial charge in [0.1, 0.15) is 41.4 Å². The average molecular weight is 713 g/mol. The Hall–Kier alpha value is -4.34. The number of amides is 2. The highest BCUT2D eigenvalue weighted by atomic mass is 32.2. The molecule has 2 aliphatic carbocycles. The molecule has 0 spiro atoms. The normalized spacial score (nSPS) is 22.5. The minimum atomic E-state index is -0.655. The Morgan fingerprint density at radius 3 is 2.76 bits per heavy atom. The van der Waals surface area contributed by atoms with Crippen molar-refractivity contribution >= 4 is 47.8 Å². The number of hydrogen-bond acceptors (Lipinski definition) is 10. The minimum absolute atomic E-state index is 0.0398. The van der Waals surface area contributed by atoms with Crippen LogP contribution in [-0.4, -0.2) is 58.0 Å². The van der Waals surface area contributed by atoms with Gasteiger partial charge < -0.3 is 14.4 Å². The lowest BCUT2D eigenvalue weighted by Gasteiger charge is -2.47. The van der Waals surface area contributed by atoms with Crippen LogP contribution in [0.25, 0.3) is 0 Å². The van der Waals surface area contributed by atoms with Crippen LogP contribution in [0, 0.1) is 23.1 Å². The van der Waals surface area contributed by atoms with Gasteiger partial charge in [-0.05, 0) is 73.4 Å². The van der Waals surface area contributed by atoms with Crippen molar-refractivity contribution in [3.63, 3.8) is 0 Å². The Bertz CT molecular complexity index is 1930. The maximum absolute atomic E-state index is 15.5. The maximum atomic E-state index is 15.5. The van der Waals surface area contributed by atoms with Crippen molar-refractivity contribution in [2.45, 2.75) is 63.2 Å². The Balaban J connectivity index is 0.994. The van der Waals surface area contributed by atoms with Crippen molar-refractivity contribution in [1.82, 2.24) is 10.3 Å². The fourth-order valence-electron chi connectivity index (χ4n) is 7.51.